The van der Waals surface area contributed by atoms with Crippen LogP contribution in [0.15, 0.2) is 18.2 Å². The lowest BCUT2D eigenvalue weighted by Gasteiger charge is -2.35. The molecule has 1 rings (SSSR count). The van der Waals surface area contributed by atoms with Crippen LogP contribution in [-0.2, 0) is 11.2 Å². The minimum atomic E-state index is -0.650. The Morgan fingerprint density at radius 3 is 2.00 bits per heavy atom. The van der Waals surface area contributed by atoms with Crippen LogP contribution in [0.3, 0.4) is 0 Å². The van der Waals surface area contributed by atoms with Crippen LogP contribution in [-0.4, -0.2) is 29.3 Å². The molecular formula is C15H21F2NO. The summed E-state index contributed by atoms with van der Waals surface area (Å²) in [6, 6.07) is 3.22. The molecule has 0 aliphatic heterocycles. The minimum Gasteiger partial charge on any atom is -0.297 e. The maximum Gasteiger partial charge on any atom is 0.156 e. The number of carbonyl (C=O) groups is 1. The summed E-state index contributed by atoms with van der Waals surface area (Å²) in [5, 5.41) is 0. The largest absolute Gasteiger partial charge is 0.297 e. The second kappa shape index (κ2) is 6.24. The van der Waals surface area contributed by atoms with Gasteiger partial charge in [-0.25, -0.2) is 8.78 Å². The van der Waals surface area contributed by atoms with E-state index in [0.717, 1.165) is 19.2 Å². The molecule has 19 heavy (non-hydrogen) atoms. The molecule has 106 valence electrons. The van der Waals surface area contributed by atoms with E-state index < -0.39 is 17.2 Å². The molecule has 0 atom stereocenters. The van der Waals surface area contributed by atoms with Crippen molar-refractivity contribution in [2.75, 3.05) is 13.1 Å². The highest BCUT2D eigenvalue weighted by Gasteiger charge is 2.32. The molecule has 2 nitrogen and oxygen atoms in total. The molecule has 0 N–H and O–H groups in total. The quantitative estimate of drug-likeness (QED) is 0.790. The Hall–Kier alpha value is -1.29. The first-order valence-electron chi connectivity index (χ1n) is 6.54. The summed E-state index contributed by atoms with van der Waals surface area (Å²) >= 11 is 0. The van der Waals surface area contributed by atoms with Gasteiger partial charge >= 0.3 is 0 Å². The van der Waals surface area contributed by atoms with E-state index in [1.54, 1.807) is 0 Å². The van der Waals surface area contributed by atoms with Crippen LogP contribution in [0.4, 0.5) is 8.78 Å². The van der Waals surface area contributed by atoms with E-state index in [9.17, 15) is 13.6 Å². The Morgan fingerprint density at radius 1 is 1.11 bits per heavy atom. The molecule has 0 aromatic heterocycles. The van der Waals surface area contributed by atoms with Crippen LogP contribution in [0, 0.1) is 11.6 Å². The number of likely N-dealkylation sites (N-methyl/N-ethyl adjacent to an activating group) is 1. The Kier molecular flexibility index (Phi) is 5.18. The molecular weight excluding hydrogens is 248 g/mol. The van der Waals surface area contributed by atoms with Gasteiger partial charge in [0.25, 0.3) is 0 Å². The average molecular weight is 269 g/mol. The van der Waals surface area contributed by atoms with Crippen molar-refractivity contribution in [2.45, 2.75) is 39.7 Å². The first-order valence-corrected chi connectivity index (χ1v) is 6.54. The second-order valence-electron chi connectivity index (χ2n) is 5.11. The highest BCUT2D eigenvalue weighted by molar-refractivity contribution is 5.89. The molecule has 0 unspecified atom stereocenters. The number of hydrogen-bond donors (Lipinski definition) is 0. The van der Waals surface area contributed by atoms with Gasteiger partial charge in [-0.1, -0.05) is 13.8 Å². The highest BCUT2D eigenvalue weighted by Crippen LogP contribution is 2.19. The van der Waals surface area contributed by atoms with E-state index in [-0.39, 0.29) is 12.2 Å². The third kappa shape index (κ3) is 3.83. The van der Waals surface area contributed by atoms with Crippen LogP contribution in [0.1, 0.15) is 33.3 Å². The summed E-state index contributed by atoms with van der Waals surface area (Å²) in [7, 11) is 0. The smallest absolute Gasteiger partial charge is 0.156 e. The molecule has 0 saturated heterocycles. The molecule has 0 spiro atoms. The van der Waals surface area contributed by atoms with Gasteiger partial charge in [-0.3, -0.25) is 9.69 Å². The third-order valence-electron chi connectivity index (χ3n) is 3.52. The van der Waals surface area contributed by atoms with Gasteiger partial charge in [0, 0.05) is 12.5 Å². The normalized spacial score (nSPS) is 11.9. The van der Waals surface area contributed by atoms with Crippen molar-refractivity contribution in [3.05, 3.63) is 35.4 Å². The Balaban J connectivity index is 2.89. The van der Waals surface area contributed by atoms with Crippen LogP contribution >= 0.6 is 0 Å². The standard InChI is InChI=1S/C15H21F2NO/c1-5-18(6-2)15(3,4)14(19)9-11-7-12(16)10-13(17)8-11/h7-8,10H,5-6,9H2,1-4H3. The zero-order valence-corrected chi connectivity index (χ0v) is 12.0. The maximum absolute atomic E-state index is 13.1. The molecule has 1 aromatic carbocycles. The molecule has 0 heterocycles. The number of hydrogen-bond acceptors (Lipinski definition) is 2. The Bertz CT molecular complexity index is 433. The van der Waals surface area contributed by atoms with E-state index in [4.69, 9.17) is 0 Å². The number of halogens is 2. The van der Waals surface area contributed by atoms with Gasteiger partial charge in [0.1, 0.15) is 11.6 Å². The zero-order chi connectivity index (χ0) is 14.6. The van der Waals surface area contributed by atoms with Crippen molar-refractivity contribution >= 4 is 5.78 Å². The van der Waals surface area contributed by atoms with Gasteiger partial charge < -0.3 is 0 Å². The number of ketones is 1. The van der Waals surface area contributed by atoms with Gasteiger partial charge in [-0.2, -0.15) is 0 Å². The fourth-order valence-corrected chi connectivity index (χ4v) is 2.31. The summed E-state index contributed by atoms with van der Waals surface area (Å²) in [6.45, 7) is 9.18. The second-order valence-corrected chi connectivity index (χ2v) is 5.11. The fourth-order valence-electron chi connectivity index (χ4n) is 2.31. The summed E-state index contributed by atoms with van der Waals surface area (Å²) < 4.78 is 26.2. The lowest BCUT2D eigenvalue weighted by atomic mass is 9.91. The summed E-state index contributed by atoms with van der Waals surface area (Å²) in [5.74, 6) is -1.34. The molecule has 0 aliphatic rings. The predicted octanol–water partition coefficient (Wildman–Crippen LogP) is 3.20. The predicted molar refractivity (Wildman–Crippen MR) is 72.1 cm³/mol. The maximum atomic E-state index is 13.1. The highest BCUT2D eigenvalue weighted by atomic mass is 19.1. The van der Waals surface area contributed by atoms with Crippen molar-refractivity contribution in [3.63, 3.8) is 0 Å². The van der Waals surface area contributed by atoms with E-state index in [0.29, 0.717) is 5.56 Å². The number of benzene rings is 1. The Morgan fingerprint density at radius 2 is 1.58 bits per heavy atom. The van der Waals surface area contributed by atoms with Crippen LogP contribution < -0.4 is 0 Å². The van der Waals surface area contributed by atoms with Crippen LogP contribution in [0.5, 0.6) is 0 Å². The topological polar surface area (TPSA) is 20.3 Å². The number of rotatable bonds is 6. The van der Waals surface area contributed by atoms with E-state index in [2.05, 4.69) is 0 Å². The molecule has 0 amide bonds. The molecule has 1 aromatic rings. The number of Topliss-reactive ketones (excluding diaryl/α,β-unsaturated/α-hetero) is 1. The van der Waals surface area contributed by atoms with Gasteiger partial charge in [-0.05, 0) is 44.6 Å². The number of carbonyl (C=O) groups excluding carboxylic acids is 1. The molecule has 0 fully saturated rings. The summed E-state index contributed by atoms with van der Waals surface area (Å²) in [4.78, 5) is 14.4. The van der Waals surface area contributed by atoms with Crippen molar-refractivity contribution in [3.8, 4) is 0 Å². The number of nitrogens with zero attached hydrogens (tertiary/aromatic N) is 1. The van der Waals surface area contributed by atoms with Gasteiger partial charge in [0.2, 0.25) is 0 Å². The van der Waals surface area contributed by atoms with Crippen molar-refractivity contribution in [2.24, 2.45) is 0 Å². The van der Waals surface area contributed by atoms with E-state index in [1.807, 2.05) is 32.6 Å². The van der Waals surface area contributed by atoms with Crippen molar-refractivity contribution in [1.82, 2.24) is 4.90 Å². The van der Waals surface area contributed by atoms with Crippen LogP contribution in [0.25, 0.3) is 0 Å². The monoisotopic (exact) mass is 269 g/mol. The lowest BCUT2D eigenvalue weighted by Crippen LogP contribution is -2.50. The first-order chi connectivity index (χ1) is 8.81. The van der Waals surface area contributed by atoms with Crippen LogP contribution in [0.2, 0.25) is 0 Å². The lowest BCUT2D eigenvalue weighted by molar-refractivity contribution is -0.128. The average Bonchev–Trinajstić information content (AvgIpc) is 2.28. The Labute approximate surface area is 113 Å². The molecule has 0 bridgehead atoms. The fraction of sp³-hybridized carbons (Fsp3) is 0.533. The van der Waals surface area contributed by atoms with Crippen molar-refractivity contribution < 1.29 is 13.6 Å². The first kappa shape index (κ1) is 15.8. The molecule has 0 aliphatic carbocycles. The van der Waals surface area contributed by atoms with Gasteiger partial charge in [-0.15, -0.1) is 0 Å². The molecule has 0 radical (unpaired) electrons. The molecule has 0 saturated carbocycles. The third-order valence-corrected chi connectivity index (χ3v) is 3.52. The summed E-state index contributed by atoms with van der Waals surface area (Å²) in [5.41, 5.74) is -0.255. The van der Waals surface area contributed by atoms with Crippen molar-refractivity contribution in [1.29, 1.82) is 0 Å². The van der Waals surface area contributed by atoms with E-state index >= 15 is 0 Å². The SMILES string of the molecule is CCN(CC)C(C)(C)C(=O)Cc1cc(F)cc(F)c1. The van der Waals surface area contributed by atoms with Gasteiger partial charge in [0.15, 0.2) is 5.78 Å². The minimum absolute atomic E-state index is 0.0399. The zero-order valence-electron chi connectivity index (χ0n) is 12.0. The molecule has 4 heteroatoms. The van der Waals surface area contributed by atoms with E-state index in [1.165, 1.54) is 12.1 Å². The van der Waals surface area contributed by atoms with Gasteiger partial charge in [0.05, 0.1) is 5.54 Å². The summed E-state index contributed by atoms with van der Waals surface area (Å²) in [6.07, 6.45) is 0.0399.